The van der Waals surface area contributed by atoms with Crippen LogP contribution in [-0.4, -0.2) is 33.3 Å². The van der Waals surface area contributed by atoms with Crippen LogP contribution in [0.3, 0.4) is 0 Å². The second-order valence-corrected chi connectivity index (χ2v) is 9.55. The first kappa shape index (κ1) is 24.0. The number of nitrogens with zero attached hydrogens (tertiary/aromatic N) is 1. The SMILES string of the molecule is CC[C@@H](C)NC(=O)c1ccccc1NC(=O)c1ccccc1N(C)S(=O)(=O)c1ccccc1. The van der Waals surface area contributed by atoms with Crippen LogP contribution < -0.4 is 14.9 Å². The van der Waals surface area contributed by atoms with Gasteiger partial charge in [0.05, 0.1) is 27.4 Å². The van der Waals surface area contributed by atoms with Crippen molar-refractivity contribution in [2.45, 2.75) is 31.2 Å². The van der Waals surface area contributed by atoms with E-state index in [1.54, 1.807) is 66.7 Å². The topological polar surface area (TPSA) is 95.6 Å². The number of rotatable bonds is 8. The zero-order valence-corrected chi connectivity index (χ0v) is 19.6. The fourth-order valence-electron chi connectivity index (χ4n) is 3.20. The van der Waals surface area contributed by atoms with Crippen molar-refractivity contribution in [1.82, 2.24) is 5.32 Å². The van der Waals surface area contributed by atoms with E-state index in [1.807, 2.05) is 13.8 Å². The van der Waals surface area contributed by atoms with Gasteiger partial charge in [0.25, 0.3) is 21.8 Å². The molecular formula is C25H27N3O4S. The zero-order valence-electron chi connectivity index (χ0n) is 18.8. The van der Waals surface area contributed by atoms with E-state index < -0.39 is 15.9 Å². The number of hydrogen-bond acceptors (Lipinski definition) is 4. The first-order valence-corrected chi connectivity index (χ1v) is 12.0. The fourth-order valence-corrected chi connectivity index (χ4v) is 4.44. The Labute approximate surface area is 194 Å². The molecule has 0 fully saturated rings. The number of nitrogens with one attached hydrogen (secondary N) is 2. The van der Waals surface area contributed by atoms with Crippen molar-refractivity contribution in [3.05, 3.63) is 90.0 Å². The van der Waals surface area contributed by atoms with Crippen LogP contribution in [0.5, 0.6) is 0 Å². The maximum Gasteiger partial charge on any atom is 0.264 e. The van der Waals surface area contributed by atoms with Crippen LogP contribution in [0.4, 0.5) is 11.4 Å². The Kier molecular flexibility index (Phi) is 7.50. The Morgan fingerprint density at radius 3 is 2.09 bits per heavy atom. The molecule has 0 aliphatic carbocycles. The fraction of sp³-hybridized carbons (Fsp3) is 0.200. The predicted octanol–water partition coefficient (Wildman–Crippen LogP) is 4.29. The van der Waals surface area contributed by atoms with Crippen molar-refractivity contribution in [3.8, 4) is 0 Å². The molecule has 0 unspecified atom stereocenters. The van der Waals surface area contributed by atoms with Crippen LogP contribution in [0, 0.1) is 0 Å². The highest BCUT2D eigenvalue weighted by molar-refractivity contribution is 7.92. The van der Waals surface area contributed by atoms with E-state index >= 15 is 0 Å². The van der Waals surface area contributed by atoms with Gasteiger partial charge in [-0.05, 0) is 49.7 Å². The molecule has 0 saturated heterocycles. The largest absolute Gasteiger partial charge is 0.350 e. The summed E-state index contributed by atoms with van der Waals surface area (Å²) in [5.74, 6) is -0.818. The number of carbonyl (C=O) groups is 2. The molecular weight excluding hydrogens is 438 g/mol. The first-order valence-electron chi connectivity index (χ1n) is 10.6. The van der Waals surface area contributed by atoms with E-state index in [1.165, 1.54) is 19.2 Å². The van der Waals surface area contributed by atoms with Crippen LogP contribution in [0.15, 0.2) is 83.8 Å². The number of para-hydroxylation sites is 2. The minimum absolute atomic E-state index is 0.0150. The highest BCUT2D eigenvalue weighted by Crippen LogP contribution is 2.27. The maximum absolute atomic E-state index is 13.2. The lowest BCUT2D eigenvalue weighted by Gasteiger charge is -2.22. The summed E-state index contributed by atoms with van der Waals surface area (Å²) < 4.78 is 27.2. The van der Waals surface area contributed by atoms with E-state index in [2.05, 4.69) is 10.6 Å². The molecule has 0 aliphatic rings. The molecule has 7 nitrogen and oxygen atoms in total. The van der Waals surface area contributed by atoms with Crippen molar-refractivity contribution in [3.63, 3.8) is 0 Å². The molecule has 2 N–H and O–H groups in total. The quantitative estimate of drug-likeness (QED) is 0.519. The zero-order chi connectivity index (χ0) is 24.0. The molecule has 0 aliphatic heterocycles. The van der Waals surface area contributed by atoms with Crippen LogP contribution in [0.1, 0.15) is 41.0 Å². The van der Waals surface area contributed by atoms with Crippen molar-refractivity contribution < 1.29 is 18.0 Å². The van der Waals surface area contributed by atoms with E-state index in [4.69, 9.17) is 0 Å². The third-order valence-electron chi connectivity index (χ3n) is 5.30. The van der Waals surface area contributed by atoms with Gasteiger partial charge in [0.2, 0.25) is 0 Å². The third kappa shape index (κ3) is 5.40. The van der Waals surface area contributed by atoms with Gasteiger partial charge in [-0.1, -0.05) is 49.4 Å². The minimum Gasteiger partial charge on any atom is -0.350 e. The molecule has 3 rings (SSSR count). The van der Waals surface area contributed by atoms with Gasteiger partial charge >= 0.3 is 0 Å². The normalized spacial score (nSPS) is 12.0. The molecule has 0 aromatic heterocycles. The Hall–Kier alpha value is -3.65. The van der Waals surface area contributed by atoms with Crippen molar-refractivity contribution in [2.24, 2.45) is 0 Å². The second kappa shape index (κ2) is 10.3. The third-order valence-corrected chi connectivity index (χ3v) is 7.08. The lowest BCUT2D eigenvalue weighted by atomic mass is 10.1. The number of anilines is 2. The average molecular weight is 466 g/mol. The second-order valence-electron chi connectivity index (χ2n) is 7.59. The van der Waals surface area contributed by atoms with Gasteiger partial charge in [-0.2, -0.15) is 0 Å². The van der Waals surface area contributed by atoms with Gasteiger partial charge in [0, 0.05) is 13.1 Å². The smallest absolute Gasteiger partial charge is 0.264 e. The van der Waals surface area contributed by atoms with E-state index in [0.717, 1.165) is 10.7 Å². The summed E-state index contributed by atoms with van der Waals surface area (Å²) in [6, 6.07) is 21.1. The van der Waals surface area contributed by atoms with Gasteiger partial charge < -0.3 is 10.6 Å². The first-order chi connectivity index (χ1) is 15.8. The molecule has 0 heterocycles. The van der Waals surface area contributed by atoms with Crippen LogP contribution in [0.25, 0.3) is 0 Å². The Bertz CT molecular complexity index is 1240. The minimum atomic E-state index is -3.87. The number of amides is 2. The number of hydrogen-bond donors (Lipinski definition) is 2. The van der Waals surface area contributed by atoms with Gasteiger partial charge in [-0.15, -0.1) is 0 Å². The summed E-state index contributed by atoms with van der Waals surface area (Å²) in [5, 5.41) is 5.65. The molecule has 3 aromatic carbocycles. The van der Waals surface area contributed by atoms with Crippen molar-refractivity contribution in [1.29, 1.82) is 0 Å². The lowest BCUT2D eigenvalue weighted by molar-refractivity contribution is 0.0940. The Balaban J connectivity index is 1.92. The van der Waals surface area contributed by atoms with E-state index in [-0.39, 0.29) is 28.1 Å². The summed E-state index contributed by atoms with van der Waals surface area (Å²) in [6.07, 6.45) is 0.774. The van der Waals surface area contributed by atoms with E-state index in [9.17, 15) is 18.0 Å². The predicted molar refractivity (Wildman–Crippen MR) is 130 cm³/mol. The van der Waals surface area contributed by atoms with Gasteiger partial charge in [-0.3, -0.25) is 13.9 Å². The average Bonchev–Trinajstić information content (AvgIpc) is 2.84. The summed E-state index contributed by atoms with van der Waals surface area (Å²) >= 11 is 0. The number of carbonyl (C=O) groups excluding carboxylic acids is 2. The molecule has 0 bridgehead atoms. The van der Waals surface area contributed by atoms with Gasteiger partial charge in [0.15, 0.2) is 0 Å². The summed E-state index contributed by atoms with van der Waals surface area (Å²) in [7, 11) is -2.46. The van der Waals surface area contributed by atoms with Gasteiger partial charge in [0.1, 0.15) is 0 Å². The lowest BCUT2D eigenvalue weighted by Crippen LogP contribution is -2.33. The molecule has 172 valence electrons. The summed E-state index contributed by atoms with van der Waals surface area (Å²) in [4.78, 5) is 26.0. The Morgan fingerprint density at radius 1 is 0.848 bits per heavy atom. The summed E-state index contributed by atoms with van der Waals surface area (Å²) in [5.41, 5.74) is 1.05. The van der Waals surface area contributed by atoms with Crippen LogP contribution in [0.2, 0.25) is 0 Å². The molecule has 0 spiro atoms. The van der Waals surface area contributed by atoms with Crippen LogP contribution in [-0.2, 0) is 10.0 Å². The van der Waals surface area contributed by atoms with Crippen molar-refractivity contribution >= 4 is 33.2 Å². The van der Waals surface area contributed by atoms with Crippen LogP contribution >= 0.6 is 0 Å². The number of sulfonamides is 1. The van der Waals surface area contributed by atoms with Gasteiger partial charge in [-0.25, -0.2) is 8.42 Å². The monoisotopic (exact) mass is 465 g/mol. The molecule has 33 heavy (non-hydrogen) atoms. The van der Waals surface area contributed by atoms with Crippen molar-refractivity contribution in [2.75, 3.05) is 16.7 Å². The number of benzene rings is 3. The standard InChI is InChI=1S/C25H27N3O4S/c1-4-18(2)26-24(29)20-14-8-10-16-22(20)27-25(30)21-15-9-11-17-23(21)28(3)33(31,32)19-12-6-5-7-13-19/h5-18H,4H2,1-3H3,(H,26,29)(H,27,30)/t18-/m1/s1. The molecule has 8 heteroatoms. The Morgan fingerprint density at radius 2 is 1.42 bits per heavy atom. The van der Waals surface area contributed by atoms with E-state index in [0.29, 0.717) is 11.3 Å². The molecule has 1 atom stereocenters. The molecule has 2 amide bonds. The molecule has 0 saturated carbocycles. The molecule has 3 aromatic rings. The highest BCUT2D eigenvalue weighted by Gasteiger charge is 2.25. The summed E-state index contributed by atoms with van der Waals surface area (Å²) in [6.45, 7) is 3.87. The molecule has 0 radical (unpaired) electrons. The highest BCUT2D eigenvalue weighted by atomic mass is 32.2. The maximum atomic E-state index is 13.2.